The predicted octanol–water partition coefficient (Wildman–Crippen LogP) is 3.51. The van der Waals surface area contributed by atoms with Crippen molar-refractivity contribution in [2.24, 2.45) is 12.0 Å². The van der Waals surface area contributed by atoms with Crippen LogP contribution in [0, 0.1) is 13.8 Å². The van der Waals surface area contributed by atoms with Crippen molar-refractivity contribution >= 4 is 5.96 Å². The fourth-order valence-electron chi connectivity index (χ4n) is 3.16. The zero-order valence-electron chi connectivity index (χ0n) is 18.6. The van der Waals surface area contributed by atoms with Crippen molar-refractivity contribution in [2.75, 3.05) is 7.05 Å². The lowest BCUT2D eigenvalue weighted by Crippen LogP contribution is -2.42. The summed E-state index contributed by atoms with van der Waals surface area (Å²) in [7, 11) is 3.78. The first kappa shape index (κ1) is 21.8. The molecule has 2 aromatic rings. The second-order valence-electron chi connectivity index (χ2n) is 8.27. The van der Waals surface area contributed by atoms with Crippen molar-refractivity contribution in [3.8, 4) is 5.75 Å². The minimum Gasteiger partial charge on any atom is -0.488 e. The molecular formula is C22H35N5O. The van der Waals surface area contributed by atoms with E-state index in [2.05, 4.69) is 68.3 Å². The molecule has 0 aliphatic rings. The number of nitrogens with one attached hydrogen (secondary N) is 2. The van der Waals surface area contributed by atoms with Gasteiger partial charge in [0.05, 0.1) is 5.69 Å². The number of aliphatic imine (C=N–C) groups is 1. The minimum absolute atomic E-state index is 0.230. The zero-order chi connectivity index (χ0) is 20.9. The highest BCUT2D eigenvalue weighted by atomic mass is 16.5. The van der Waals surface area contributed by atoms with E-state index < -0.39 is 0 Å². The van der Waals surface area contributed by atoms with Crippen LogP contribution in [0.25, 0.3) is 0 Å². The molecule has 1 aromatic heterocycles. The molecule has 0 saturated heterocycles. The van der Waals surface area contributed by atoms with Crippen LogP contribution in [0.1, 0.15) is 50.2 Å². The Bertz CT molecular complexity index is 817. The minimum atomic E-state index is -0.232. The predicted molar refractivity (Wildman–Crippen MR) is 116 cm³/mol. The smallest absolute Gasteiger partial charge is 0.191 e. The summed E-state index contributed by atoms with van der Waals surface area (Å²) in [4.78, 5) is 4.37. The van der Waals surface area contributed by atoms with Gasteiger partial charge in [0.2, 0.25) is 0 Å². The van der Waals surface area contributed by atoms with Crippen molar-refractivity contribution in [2.45, 2.75) is 66.2 Å². The average molecular weight is 386 g/mol. The summed E-state index contributed by atoms with van der Waals surface area (Å²) < 4.78 is 8.02. The molecule has 1 aromatic carbocycles. The SMILES string of the molecule is CN=C(NCc1ccccc1OC(C)(C)C)NC(C)Cc1c(C)nn(C)c1C. The maximum Gasteiger partial charge on any atom is 0.191 e. The van der Waals surface area contributed by atoms with E-state index in [4.69, 9.17) is 4.74 Å². The van der Waals surface area contributed by atoms with Gasteiger partial charge in [-0.25, -0.2) is 0 Å². The largest absolute Gasteiger partial charge is 0.488 e. The summed E-state index contributed by atoms with van der Waals surface area (Å²) in [6.45, 7) is 13.2. The molecule has 0 aliphatic carbocycles. The molecule has 0 amide bonds. The molecular weight excluding hydrogens is 350 g/mol. The second-order valence-corrected chi connectivity index (χ2v) is 8.27. The van der Waals surface area contributed by atoms with Crippen LogP contribution in [0.15, 0.2) is 29.3 Å². The van der Waals surface area contributed by atoms with Crippen LogP contribution in [-0.2, 0) is 20.0 Å². The van der Waals surface area contributed by atoms with Crippen molar-refractivity contribution in [3.63, 3.8) is 0 Å². The number of nitrogens with zero attached hydrogens (tertiary/aromatic N) is 3. The molecule has 2 rings (SSSR count). The van der Waals surface area contributed by atoms with E-state index in [1.807, 2.05) is 29.9 Å². The Kier molecular flexibility index (Phi) is 7.11. The third-order valence-corrected chi connectivity index (χ3v) is 4.61. The number of ether oxygens (including phenoxy) is 1. The molecule has 6 nitrogen and oxygen atoms in total. The number of hydrogen-bond donors (Lipinski definition) is 2. The lowest BCUT2D eigenvalue weighted by atomic mass is 10.1. The lowest BCUT2D eigenvalue weighted by molar-refractivity contribution is 0.129. The Morgan fingerprint density at radius 2 is 1.93 bits per heavy atom. The van der Waals surface area contributed by atoms with E-state index in [1.54, 1.807) is 7.05 Å². The number of benzene rings is 1. The fourth-order valence-corrected chi connectivity index (χ4v) is 3.16. The summed E-state index contributed by atoms with van der Waals surface area (Å²) >= 11 is 0. The first-order valence-corrected chi connectivity index (χ1v) is 9.84. The molecule has 28 heavy (non-hydrogen) atoms. The van der Waals surface area contributed by atoms with E-state index in [1.165, 1.54) is 11.3 Å². The first-order chi connectivity index (χ1) is 13.1. The summed E-state index contributed by atoms with van der Waals surface area (Å²) in [5, 5.41) is 11.4. The number of hydrogen-bond acceptors (Lipinski definition) is 3. The van der Waals surface area contributed by atoms with Crippen LogP contribution < -0.4 is 15.4 Å². The third-order valence-electron chi connectivity index (χ3n) is 4.61. The zero-order valence-corrected chi connectivity index (χ0v) is 18.6. The normalized spacial score (nSPS) is 13.4. The molecule has 0 aliphatic heterocycles. The van der Waals surface area contributed by atoms with Gasteiger partial charge in [0.1, 0.15) is 11.4 Å². The van der Waals surface area contributed by atoms with Gasteiger partial charge in [-0.05, 0) is 59.6 Å². The van der Waals surface area contributed by atoms with Crippen LogP contribution in [-0.4, -0.2) is 34.4 Å². The van der Waals surface area contributed by atoms with Gasteiger partial charge < -0.3 is 15.4 Å². The van der Waals surface area contributed by atoms with Gasteiger partial charge in [-0.2, -0.15) is 5.10 Å². The van der Waals surface area contributed by atoms with E-state index >= 15 is 0 Å². The average Bonchev–Trinajstić information content (AvgIpc) is 2.84. The molecule has 1 heterocycles. The highest BCUT2D eigenvalue weighted by Crippen LogP contribution is 2.22. The highest BCUT2D eigenvalue weighted by molar-refractivity contribution is 5.80. The molecule has 1 unspecified atom stereocenters. The lowest BCUT2D eigenvalue weighted by Gasteiger charge is -2.24. The van der Waals surface area contributed by atoms with E-state index in [0.29, 0.717) is 6.54 Å². The van der Waals surface area contributed by atoms with E-state index in [0.717, 1.165) is 29.4 Å². The van der Waals surface area contributed by atoms with Crippen molar-refractivity contribution in [1.82, 2.24) is 20.4 Å². The molecule has 2 N–H and O–H groups in total. The Balaban J connectivity index is 1.98. The van der Waals surface area contributed by atoms with Crippen LogP contribution in [0.2, 0.25) is 0 Å². The quantitative estimate of drug-likeness (QED) is 0.590. The third kappa shape index (κ3) is 6.01. The molecule has 0 spiro atoms. The molecule has 1 atom stereocenters. The summed E-state index contributed by atoms with van der Waals surface area (Å²) in [6.07, 6.45) is 0.899. The van der Waals surface area contributed by atoms with E-state index in [9.17, 15) is 0 Å². The number of rotatable bonds is 6. The number of para-hydroxylation sites is 1. The van der Waals surface area contributed by atoms with Gasteiger partial charge in [0.15, 0.2) is 5.96 Å². The molecule has 0 fully saturated rings. The fraction of sp³-hybridized carbons (Fsp3) is 0.545. The number of guanidine groups is 1. The maximum absolute atomic E-state index is 6.08. The Labute approximate surface area is 169 Å². The van der Waals surface area contributed by atoms with Crippen molar-refractivity contribution in [1.29, 1.82) is 0 Å². The van der Waals surface area contributed by atoms with Gasteiger partial charge in [-0.3, -0.25) is 9.67 Å². The Morgan fingerprint density at radius 3 is 2.50 bits per heavy atom. The first-order valence-electron chi connectivity index (χ1n) is 9.84. The highest BCUT2D eigenvalue weighted by Gasteiger charge is 2.16. The Morgan fingerprint density at radius 1 is 1.25 bits per heavy atom. The summed E-state index contributed by atoms with van der Waals surface area (Å²) in [6, 6.07) is 8.34. The van der Waals surface area contributed by atoms with Crippen molar-refractivity contribution in [3.05, 3.63) is 46.8 Å². The van der Waals surface area contributed by atoms with Crippen molar-refractivity contribution < 1.29 is 4.74 Å². The standard InChI is InChI=1S/C22H35N5O/c1-15(13-19-16(2)26-27(8)17(19)3)25-21(23-7)24-14-18-11-9-10-12-20(18)28-22(4,5)6/h9-12,15H,13-14H2,1-8H3,(H2,23,24,25). The summed E-state index contributed by atoms with van der Waals surface area (Å²) in [5.41, 5.74) is 4.46. The monoisotopic (exact) mass is 385 g/mol. The van der Waals surface area contributed by atoms with Gasteiger partial charge in [-0.1, -0.05) is 18.2 Å². The summed E-state index contributed by atoms with van der Waals surface area (Å²) in [5.74, 6) is 1.67. The molecule has 154 valence electrons. The second kappa shape index (κ2) is 9.13. The molecule has 0 radical (unpaired) electrons. The van der Waals surface area contributed by atoms with Crippen LogP contribution in [0.4, 0.5) is 0 Å². The Hall–Kier alpha value is -2.50. The molecule has 0 bridgehead atoms. The van der Waals surface area contributed by atoms with Crippen LogP contribution in [0.5, 0.6) is 5.75 Å². The molecule has 6 heteroatoms. The van der Waals surface area contributed by atoms with Gasteiger partial charge in [0, 0.05) is 37.9 Å². The van der Waals surface area contributed by atoms with E-state index in [-0.39, 0.29) is 11.6 Å². The van der Waals surface area contributed by atoms with Crippen LogP contribution >= 0.6 is 0 Å². The van der Waals surface area contributed by atoms with Gasteiger partial charge in [-0.15, -0.1) is 0 Å². The van der Waals surface area contributed by atoms with Gasteiger partial charge >= 0.3 is 0 Å². The topological polar surface area (TPSA) is 63.5 Å². The molecule has 0 saturated carbocycles. The number of aryl methyl sites for hydroxylation is 2. The van der Waals surface area contributed by atoms with Crippen LogP contribution in [0.3, 0.4) is 0 Å². The van der Waals surface area contributed by atoms with Gasteiger partial charge in [0.25, 0.3) is 0 Å². The maximum atomic E-state index is 6.08. The number of aromatic nitrogens is 2.